The van der Waals surface area contributed by atoms with Crippen molar-refractivity contribution < 1.29 is 14.3 Å². The molecule has 1 fully saturated rings. The quantitative estimate of drug-likeness (QED) is 0.815. The van der Waals surface area contributed by atoms with Crippen molar-refractivity contribution in [3.05, 3.63) is 41.1 Å². The second-order valence-corrected chi connectivity index (χ2v) is 5.68. The summed E-state index contributed by atoms with van der Waals surface area (Å²) >= 11 is 0. The lowest BCUT2D eigenvalue weighted by Gasteiger charge is -2.15. The summed E-state index contributed by atoms with van der Waals surface area (Å²) < 4.78 is 5.48. The number of benzene rings is 1. The molecule has 114 valence electrons. The van der Waals surface area contributed by atoms with Gasteiger partial charge in [-0.05, 0) is 37.8 Å². The van der Waals surface area contributed by atoms with Gasteiger partial charge in [0.2, 0.25) is 0 Å². The van der Waals surface area contributed by atoms with Gasteiger partial charge in [0, 0.05) is 17.5 Å². The van der Waals surface area contributed by atoms with E-state index in [1.807, 2.05) is 38.1 Å². The fourth-order valence-corrected chi connectivity index (χ4v) is 3.06. The molecule has 1 aliphatic carbocycles. The molecular weight excluding hydrogens is 278 g/mol. The molecule has 1 aromatic carbocycles. The van der Waals surface area contributed by atoms with Gasteiger partial charge in [-0.2, -0.15) is 0 Å². The molecule has 1 unspecified atom stereocenters. The Morgan fingerprint density at radius 1 is 1.36 bits per heavy atom. The number of hydrogen-bond acceptors (Lipinski definition) is 4. The largest absolute Gasteiger partial charge is 0.451 e. The Bertz CT molecular complexity index is 751. The Kier molecular flexibility index (Phi) is 3.92. The summed E-state index contributed by atoms with van der Waals surface area (Å²) in [7, 11) is 0. The molecule has 22 heavy (non-hydrogen) atoms. The van der Waals surface area contributed by atoms with Gasteiger partial charge in [-0.1, -0.05) is 25.1 Å². The van der Waals surface area contributed by atoms with Crippen LogP contribution in [-0.2, 0) is 16.0 Å². The van der Waals surface area contributed by atoms with Crippen molar-refractivity contribution in [1.29, 1.82) is 0 Å². The van der Waals surface area contributed by atoms with E-state index in [0.717, 1.165) is 35.0 Å². The smallest absolute Gasteiger partial charge is 0.339 e. The number of hydrogen-bond donors (Lipinski definition) is 0. The van der Waals surface area contributed by atoms with E-state index < -0.39 is 12.1 Å². The number of nitrogens with zero attached hydrogens (tertiary/aromatic N) is 1. The molecule has 1 saturated carbocycles. The third kappa shape index (κ3) is 2.49. The standard InChI is InChI=1S/C18H19NO3/c1-3-13-11(2)17(12-7-4-5-8-14(12)19-13)18(21)22-16-10-6-9-15(16)20/h4-5,7-8,16H,3,6,9-10H2,1-2H3. The fraction of sp³-hybridized carbons (Fsp3) is 0.389. The lowest BCUT2D eigenvalue weighted by molar-refractivity contribution is -0.124. The summed E-state index contributed by atoms with van der Waals surface area (Å²) in [4.78, 5) is 29.0. The van der Waals surface area contributed by atoms with E-state index in [0.29, 0.717) is 18.4 Å². The molecule has 0 radical (unpaired) electrons. The second kappa shape index (κ2) is 5.87. The van der Waals surface area contributed by atoms with Crippen LogP contribution in [0.2, 0.25) is 0 Å². The fourth-order valence-electron chi connectivity index (χ4n) is 3.06. The number of fused-ring (bicyclic) bond motifs is 1. The Morgan fingerprint density at radius 2 is 2.14 bits per heavy atom. The number of carbonyl (C=O) groups is 2. The van der Waals surface area contributed by atoms with Crippen LogP contribution in [0.4, 0.5) is 0 Å². The van der Waals surface area contributed by atoms with E-state index in [9.17, 15) is 9.59 Å². The van der Waals surface area contributed by atoms with E-state index in [-0.39, 0.29) is 5.78 Å². The molecule has 2 aromatic rings. The van der Waals surface area contributed by atoms with E-state index in [2.05, 4.69) is 4.98 Å². The molecule has 4 heteroatoms. The number of para-hydroxylation sites is 1. The molecular formula is C18H19NO3. The number of ketones is 1. The SMILES string of the molecule is CCc1nc2ccccc2c(C(=O)OC2CCCC2=O)c1C. The van der Waals surface area contributed by atoms with Crippen LogP contribution in [0.3, 0.4) is 0 Å². The molecule has 1 aliphatic rings. The number of aryl methyl sites for hydroxylation is 1. The van der Waals surface area contributed by atoms with Gasteiger partial charge in [-0.25, -0.2) is 4.79 Å². The minimum atomic E-state index is -0.580. The molecule has 4 nitrogen and oxygen atoms in total. The number of pyridine rings is 1. The normalized spacial score (nSPS) is 17.9. The third-order valence-corrected chi connectivity index (χ3v) is 4.27. The zero-order valence-corrected chi connectivity index (χ0v) is 12.9. The Morgan fingerprint density at radius 3 is 2.82 bits per heavy atom. The monoisotopic (exact) mass is 297 g/mol. The minimum Gasteiger partial charge on any atom is -0.451 e. The molecule has 0 saturated heterocycles. The Labute approximate surface area is 129 Å². The second-order valence-electron chi connectivity index (χ2n) is 5.68. The maximum absolute atomic E-state index is 12.6. The summed E-state index contributed by atoms with van der Waals surface area (Å²) in [6.07, 6.45) is 2.11. The molecule has 0 spiro atoms. The van der Waals surface area contributed by atoms with Crippen molar-refractivity contribution in [3.63, 3.8) is 0 Å². The molecule has 1 atom stereocenters. The summed E-state index contributed by atoms with van der Waals surface area (Å²) in [6.45, 7) is 3.91. The zero-order valence-electron chi connectivity index (χ0n) is 12.9. The number of rotatable bonds is 3. The van der Waals surface area contributed by atoms with Gasteiger partial charge >= 0.3 is 5.97 Å². The number of aromatic nitrogens is 1. The number of carbonyl (C=O) groups excluding carboxylic acids is 2. The maximum Gasteiger partial charge on any atom is 0.339 e. The van der Waals surface area contributed by atoms with Crippen LogP contribution in [0.15, 0.2) is 24.3 Å². The molecule has 0 amide bonds. The first kappa shape index (κ1) is 14.7. The van der Waals surface area contributed by atoms with Gasteiger partial charge in [0.25, 0.3) is 0 Å². The van der Waals surface area contributed by atoms with Crippen LogP contribution >= 0.6 is 0 Å². The van der Waals surface area contributed by atoms with Gasteiger partial charge in [-0.15, -0.1) is 0 Å². The Balaban J connectivity index is 2.06. The summed E-state index contributed by atoms with van der Waals surface area (Å²) in [6, 6.07) is 7.56. The van der Waals surface area contributed by atoms with Crippen LogP contribution in [0, 0.1) is 6.92 Å². The van der Waals surface area contributed by atoms with E-state index in [1.54, 1.807) is 0 Å². The highest BCUT2D eigenvalue weighted by atomic mass is 16.5. The zero-order chi connectivity index (χ0) is 15.7. The summed E-state index contributed by atoms with van der Waals surface area (Å²) in [5, 5.41) is 0.785. The summed E-state index contributed by atoms with van der Waals surface area (Å²) in [5.74, 6) is -0.383. The van der Waals surface area contributed by atoms with Crippen molar-refractivity contribution in [2.75, 3.05) is 0 Å². The molecule has 0 aliphatic heterocycles. The number of Topliss-reactive ketones (excluding diaryl/α,β-unsaturated/α-hetero) is 1. The lowest BCUT2D eigenvalue weighted by atomic mass is 10.0. The van der Waals surface area contributed by atoms with E-state index in [1.165, 1.54) is 0 Å². The topological polar surface area (TPSA) is 56.3 Å². The van der Waals surface area contributed by atoms with Crippen LogP contribution in [-0.4, -0.2) is 22.8 Å². The minimum absolute atomic E-state index is 0.0279. The van der Waals surface area contributed by atoms with Gasteiger partial charge in [0.15, 0.2) is 11.9 Å². The molecule has 1 aromatic heterocycles. The van der Waals surface area contributed by atoms with E-state index >= 15 is 0 Å². The first-order valence-corrected chi connectivity index (χ1v) is 7.73. The van der Waals surface area contributed by atoms with Crippen LogP contribution in [0.25, 0.3) is 10.9 Å². The average molecular weight is 297 g/mol. The van der Waals surface area contributed by atoms with Crippen molar-refractivity contribution >= 4 is 22.7 Å². The predicted molar refractivity (Wildman–Crippen MR) is 83.9 cm³/mol. The van der Waals surface area contributed by atoms with Crippen molar-refractivity contribution in [3.8, 4) is 0 Å². The number of esters is 1. The highest BCUT2D eigenvalue weighted by molar-refractivity contribution is 6.05. The van der Waals surface area contributed by atoms with E-state index in [4.69, 9.17) is 4.74 Å². The third-order valence-electron chi connectivity index (χ3n) is 4.27. The molecule has 0 N–H and O–H groups in total. The predicted octanol–water partition coefficient (Wildman–Crippen LogP) is 3.38. The highest BCUT2D eigenvalue weighted by Gasteiger charge is 2.29. The summed E-state index contributed by atoms with van der Waals surface area (Å²) in [5.41, 5.74) is 3.07. The van der Waals surface area contributed by atoms with Crippen LogP contribution in [0.1, 0.15) is 47.8 Å². The molecule has 3 rings (SSSR count). The maximum atomic E-state index is 12.6. The highest BCUT2D eigenvalue weighted by Crippen LogP contribution is 2.26. The van der Waals surface area contributed by atoms with Gasteiger partial charge in [0.1, 0.15) is 0 Å². The number of ether oxygens (including phenoxy) is 1. The first-order chi connectivity index (χ1) is 10.6. The van der Waals surface area contributed by atoms with Crippen molar-refractivity contribution in [2.24, 2.45) is 0 Å². The average Bonchev–Trinajstić information content (AvgIpc) is 2.91. The molecule has 1 heterocycles. The van der Waals surface area contributed by atoms with Gasteiger partial charge < -0.3 is 4.74 Å². The lowest BCUT2D eigenvalue weighted by Crippen LogP contribution is -2.23. The van der Waals surface area contributed by atoms with Crippen molar-refractivity contribution in [1.82, 2.24) is 4.98 Å². The first-order valence-electron chi connectivity index (χ1n) is 7.73. The van der Waals surface area contributed by atoms with Crippen molar-refractivity contribution in [2.45, 2.75) is 45.6 Å². The Hall–Kier alpha value is -2.23. The van der Waals surface area contributed by atoms with Crippen LogP contribution < -0.4 is 0 Å². The van der Waals surface area contributed by atoms with Gasteiger partial charge in [-0.3, -0.25) is 9.78 Å². The molecule has 0 bridgehead atoms. The van der Waals surface area contributed by atoms with Crippen LogP contribution in [0.5, 0.6) is 0 Å². The van der Waals surface area contributed by atoms with Gasteiger partial charge in [0.05, 0.1) is 11.1 Å².